The van der Waals surface area contributed by atoms with Crippen molar-refractivity contribution in [1.82, 2.24) is 4.90 Å². The van der Waals surface area contributed by atoms with E-state index in [0.717, 1.165) is 5.56 Å². The van der Waals surface area contributed by atoms with Crippen LogP contribution in [0.1, 0.15) is 36.9 Å². The van der Waals surface area contributed by atoms with Crippen molar-refractivity contribution in [2.24, 2.45) is 5.92 Å². The summed E-state index contributed by atoms with van der Waals surface area (Å²) in [5, 5.41) is 18.2. The number of nitriles is 1. The highest BCUT2D eigenvalue weighted by Crippen LogP contribution is 2.36. The van der Waals surface area contributed by atoms with Gasteiger partial charge in [-0.25, -0.2) is 0 Å². The molecule has 104 valence electrons. The van der Waals surface area contributed by atoms with E-state index in [1.807, 2.05) is 13.0 Å². The summed E-state index contributed by atoms with van der Waals surface area (Å²) in [6.45, 7) is 2.33. The van der Waals surface area contributed by atoms with Crippen LogP contribution in [0.15, 0.2) is 24.3 Å². The van der Waals surface area contributed by atoms with Gasteiger partial charge in [-0.15, -0.1) is 0 Å². The molecule has 1 heterocycles. The number of likely N-dealkylation sites (tertiary alicyclic amines) is 1. The van der Waals surface area contributed by atoms with Crippen LogP contribution in [-0.2, 0) is 9.59 Å². The Balaban J connectivity index is 2.41. The van der Waals surface area contributed by atoms with Crippen molar-refractivity contribution >= 4 is 11.9 Å². The molecule has 1 aliphatic rings. The number of carbonyl (C=O) groups excluding carboxylic acids is 1. The Hall–Kier alpha value is -2.35. The molecule has 1 saturated heterocycles. The minimum Gasteiger partial charge on any atom is -0.481 e. The van der Waals surface area contributed by atoms with Gasteiger partial charge in [0.2, 0.25) is 5.91 Å². The highest BCUT2D eigenvalue weighted by atomic mass is 16.4. The Morgan fingerprint density at radius 3 is 2.60 bits per heavy atom. The summed E-state index contributed by atoms with van der Waals surface area (Å²) >= 11 is 0. The van der Waals surface area contributed by atoms with Gasteiger partial charge in [-0.1, -0.05) is 12.1 Å². The smallest absolute Gasteiger partial charge is 0.308 e. The predicted octanol–water partition coefficient (Wildman–Crippen LogP) is 1.94. The molecule has 1 N–H and O–H groups in total. The minimum atomic E-state index is -0.884. The molecular formula is C15H16N2O3. The zero-order chi connectivity index (χ0) is 14.7. The van der Waals surface area contributed by atoms with Crippen molar-refractivity contribution in [2.45, 2.75) is 25.8 Å². The van der Waals surface area contributed by atoms with Gasteiger partial charge in [-0.05, 0) is 31.0 Å². The van der Waals surface area contributed by atoms with Crippen molar-refractivity contribution in [1.29, 1.82) is 5.26 Å². The molecule has 1 amide bonds. The second-order valence-corrected chi connectivity index (χ2v) is 4.84. The van der Waals surface area contributed by atoms with Gasteiger partial charge in [0.25, 0.3) is 0 Å². The van der Waals surface area contributed by atoms with Gasteiger partial charge in [-0.3, -0.25) is 9.59 Å². The van der Waals surface area contributed by atoms with Crippen LogP contribution in [0.4, 0.5) is 0 Å². The maximum Gasteiger partial charge on any atom is 0.308 e. The molecule has 0 spiro atoms. The van der Waals surface area contributed by atoms with Gasteiger partial charge < -0.3 is 10.0 Å². The van der Waals surface area contributed by atoms with Crippen LogP contribution in [0, 0.1) is 17.2 Å². The van der Waals surface area contributed by atoms with Crippen LogP contribution in [0.2, 0.25) is 0 Å². The highest BCUT2D eigenvalue weighted by Gasteiger charge is 2.39. The third kappa shape index (κ3) is 2.50. The Kier molecular flexibility index (Phi) is 4.04. The van der Waals surface area contributed by atoms with Crippen LogP contribution in [0.3, 0.4) is 0 Å². The molecule has 0 saturated carbocycles. The third-order valence-corrected chi connectivity index (χ3v) is 3.75. The van der Waals surface area contributed by atoms with Gasteiger partial charge in [0.1, 0.15) is 0 Å². The number of rotatable bonds is 3. The first-order valence-corrected chi connectivity index (χ1v) is 6.60. The van der Waals surface area contributed by atoms with Crippen molar-refractivity contribution in [2.75, 3.05) is 6.54 Å². The maximum absolute atomic E-state index is 12.0. The van der Waals surface area contributed by atoms with Crippen LogP contribution in [-0.4, -0.2) is 28.4 Å². The Morgan fingerprint density at radius 2 is 2.10 bits per heavy atom. The second kappa shape index (κ2) is 5.74. The number of carbonyl (C=O) groups is 2. The van der Waals surface area contributed by atoms with E-state index in [9.17, 15) is 14.7 Å². The molecule has 0 aliphatic carbocycles. The van der Waals surface area contributed by atoms with Gasteiger partial charge in [0.05, 0.1) is 23.6 Å². The normalized spacial score (nSPS) is 22.4. The molecular weight excluding hydrogens is 256 g/mol. The lowest BCUT2D eigenvalue weighted by Gasteiger charge is -2.39. The lowest BCUT2D eigenvalue weighted by molar-refractivity contribution is -0.151. The summed E-state index contributed by atoms with van der Waals surface area (Å²) in [7, 11) is 0. The highest BCUT2D eigenvalue weighted by molar-refractivity contribution is 5.81. The fourth-order valence-corrected chi connectivity index (χ4v) is 2.75. The number of carboxylic acid groups (broad SMARTS) is 1. The average molecular weight is 272 g/mol. The molecule has 0 aromatic heterocycles. The number of aliphatic carboxylic acids is 1. The molecule has 1 aromatic carbocycles. The van der Waals surface area contributed by atoms with Crippen LogP contribution in [0.25, 0.3) is 0 Å². The summed E-state index contributed by atoms with van der Waals surface area (Å²) in [6, 6.07) is 8.36. The number of nitrogens with zero attached hydrogens (tertiary/aromatic N) is 2. The van der Waals surface area contributed by atoms with Crippen molar-refractivity contribution in [3.05, 3.63) is 35.4 Å². The number of amides is 1. The summed E-state index contributed by atoms with van der Waals surface area (Å²) in [5.41, 5.74) is 1.29. The Bertz CT molecular complexity index is 557. The molecule has 2 unspecified atom stereocenters. The molecule has 20 heavy (non-hydrogen) atoms. The standard InChI is InChI=1S/C15H16N2O3/c1-2-17-13(18)8-7-12(15(19)20)14(17)11-5-3-10(9-16)4-6-11/h3-6,12,14H,2,7-8H2,1H3,(H,19,20). The number of hydrogen-bond acceptors (Lipinski definition) is 3. The fraction of sp³-hybridized carbons (Fsp3) is 0.400. The van der Waals surface area contributed by atoms with Gasteiger partial charge in [-0.2, -0.15) is 5.26 Å². The molecule has 2 rings (SSSR count). The second-order valence-electron chi connectivity index (χ2n) is 4.84. The van der Waals surface area contributed by atoms with Crippen molar-refractivity contribution < 1.29 is 14.7 Å². The summed E-state index contributed by atoms with van der Waals surface area (Å²) < 4.78 is 0. The average Bonchev–Trinajstić information content (AvgIpc) is 2.46. The first kappa shape index (κ1) is 14.1. The zero-order valence-electron chi connectivity index (χ0n) is 11.2. The topological polar surface area (TPSA) is 81.4 Å². The molecule has 1 aromatic rings. The molecule has 0 radical (unpaired) electrons. The molecule has 5 nitrogen and oxygen atoms in total. The van der Waals surface area contributed by atoms with Gasteiger partial charge in [0, 0.05) is 13.0 Å². The number of benzene rings is 1. The molecule has 5 heteroatoms. The first-order valence-electron chi connectivity index (χ1n) is 6.60. The summed E-state index contributed by atoms with van der Waals surface area (Å²) in [4.78, 5) is 25.0. The van der Waals surface area contributed by atoms with Crippen LogP contribution < -0.4 is 0 Å². The van der Waals surface area contributed by atoms with Gasteiger partial charge in [0.15, 0.2) is 0 Å². The SMILES string of the molecule is CCN1C(=O)CCC(C(=O)O)C1c1ccc(C#N)cc1. The van der Waals surface area contributed by atoms with E-state index in [1.54, 1.807) is 29.2 Å². The zero-order valence-corrected chi connectivity index (χ0v) is 11.2. The Labute approximate surface area is 117 Å². The van der Waals surface area contributed by atoms with E-state index in [1.165, 1.54) is 0 Å². The van der Waals surface area contributed by atoms with E-state index in [-0.39, 0.29) is 12.3 Å². The quantitative estimate of drug-likeness (QED) is 0.911. The first-order chi connectivity index (χ1) is 9.58. The lowest BCUT2D eigenvalue weighted by Crippen LogP contribution is -2.45. The summed E-state index contributed by atoms with van der Waals surface area (Å²) in [5.74, 6) is -1.50. The number of carboxylic acids is 1. The van der Waals surface area contributed by atoms with Crippen molar-refractivity contribution in [3.8, 4) is 6.07 Å². The molecule has 2 atom stereocenters. The molecule has 1 fully saturated rings. The molecule has 0 bridgehead atoms. The number of piperidine rings is 1. The fourth-order valence-electron chi connectivity index (χ4n) is 2.75. The van der Waals surface area contributed by atoms with Crippen molar-refractivity contribution in [3.63, 3.8) is 0 Å². The van der Waals surface area contributed by atoms with E-state index in [2.05, 4.69) is 0 Å². The van der Waals surface area contributed by atoms with Gasteiger partial charge >= 0.3 is 5.97 Å². The number of hydrogen-bond donors (Lipinski definition) is 1. The minimum absolute atomic E-state index is 0.0145. The lowest BCUT2D eigenvalue weighted by atomic mass is 9.84. The van der Waals surface area contributed by atoms with E-state index < -0.39 is 17.9 Å². The predicted molar refractivity (Wildman–Crippen MR) is 71.6 cm³/mol. The Morgan fingerprint density at radius 1 is 1.45 bits per heavy atom. The largest absolute Gasteiger partial charge is 0.481 e. The maximum atomic E-state index is 12.0. The van der Waals surface area contributed by atoms with E-state index >= 15 is 0 Å². The summed E-state index contributed by atoms with van der Waals surface area (Å²) in [6.07, 6.45) is 0.632. The monoisotopic (exact) mass is 272 g/mol. The third-order valence-electron chi connectivity index (χ3n) is 3.75. The van der Waals surface area contributed by atoms with E-state index in [0.29, 0.717) is 18.5 Å². The molecule has 1 aliphatic heterocycles. The van der Waals surface area contributed by atoms with Crippen LogP contribution >= 0.6 is 0 Å². The van der Waals surface area contributed by atoms with E-state index in [4.69, 9.17) is 5.26 Å². The van der Waals surface area contributed by atoms with Crippen LogP contribution in [0.5, 0.6) is 0 Å².